The molecule has 0 atom stereocenters. The summed E-state index contributed by atoms with van der Waals surface area (Å²) in [4.78, 5) is 24.0. The molecule has 2 aromatic rings. The van der Waals surface area contributed by atoms with E-state index >= 15 is 0 Å². The summed E-state index contributed by atoms with van der Waals surface area (Å²) in [5, 5.41) is 2.86. The Balaban J connectivity index is 1.78. The molecular formula is C19H17NO4. The van der Waals surface area contributed by atoms with E-state index in [9.17, 15) is 9.59 Å². The summed E-state index contributed by atoms with van der Waals surface area (Å²) in [7, 11) is 1.33. The minimum Gasteiger partial charge on any atom is -0.488 e. The molecule has 0 spiro atoms. The Morgan fingerprint density at radius 2 is 1.96 bits per heavy atom. The largest absolute Gasteiger partial charge is 0.488 e. The molecule has 0 aliphatic carbocycles. The van der Waals surface area contributed by atoms with E-state index in [0.29, 0.717) is 16.8 Å². The molecule has 0 aromatic heterocycles. The number of hydrogen-bond donors (Lipinski definition) is 1. The molecule has 0 radical (unpaired) electrons. The Morgan fingerprint density at radius 1 is 1.17 bits per heavy atom. The number of hydrogen-bond acceptors (Lipinski definition) is 4. The van der Waals surface area contributed by atoms with E-state index in [0.717, 1.165) is 16.9 Å². The molecule has 1 aliphatic rings. The van der Waals surface area contributed by atoms with E-state index < -0.39 is 5.97 Å². The topological polar surface area (TPSA) is 64.6 Å². The van der Waals surface area contributed by atoms with Crippen molar-refractivity contribution in [2.45, 2.75) is 6.92 Å². The fourth-order valence-corrected chi connectivity index (χ4v) is 2.50. The van der Waals surface area contributed by atoms with Crippen molar-refractivity contribution in [1.29, 1.82) is 0 Å². The zero-order valence-electron chi connectivity index (χ0n) is 13.5. The van der Waals surface area contributed by atoms with Crippen LogP contribution in [0, 0.1) is 6.92 Å². The molecular weight excluding hydrogens is 306 g/mol. The van der Waals surface area contributed by atoms with Crippen LogP contribution in [0.25, 0.3) is 6.08 Å². The van der Waals surface area contributed by atoms with Crippen LogP contribution in [0.3, 0.4) is 0 Å². The second-order valence-corrected chi connectivity index (χ2v) is 5.47. The average molecular weight is 323 g/mol. The van der Waals surface area contributed by atoms with E-state index in [1.807, 2.05) is 37.3 Å². The molecule has 2 aromatic carbocycles. The Morgan fingerprint density at radius 3 is 2.71 bits per heavy atom. The standard InChI is InChI=1S/C19H17NO4/c1-12-9-14(19(22)23-2)7-8-16(12)20-18(21)15-10-13-5-3-4-6-17(13)24-11-15/h3-10H,11H2,1-2H3,(H,20,21). The first-order valence-electron chi connectivity index (χ1n) is 7.51. The summed E-state index contributed by atoms with van der Waals surface area (Å²) >= 11 is 0. The molecule has 5 heteroatoms. The van der Waals surface area contributed by atoms with Crippen molar-refractivity contribution in [3.8, 4) is 5.75 Å². The molecule has 1 amide bonds. The van der Waals surface area contributed by atoms with E-state index in [1.54, 1.807) is 18.2 Å². The molecule has 3 rings (SSSR count). The van der Waals surface area contributed by atoms with E-state index in [1.165, 1.54) is 7.11 Å². The van der Waals surface area contributed by atoms with Crippen LogP contribution in [0.1, 0.15) is 21.5 Å². The molecule has 1 heterocycles. The van der Waals surface area contributed by atoms with E-state index in [-0.39, 0.29) is 12.5 Å². The maximum atomic E-state index is 12.5. The van der Waals surface area contributed by atoms with Gasteiger partial charge in [0.2, 0.25) is 0 Å². The summed E-state index contributed by atoms with van der Waals surface area (Å²) in [5.41, 5.74) is 3.30. The average Bonchev–Trinajstić information content (AvgIpc) is 2.62. The molecule has 0 saturated carbocycles. The highest BCUT2D eigenvalue weighted by Gasteiger charge is 2.18. The minimum absolute atomic E-state index is 0.224. The number of carbonyl (C=O) groups excluding carboxylic acids is 2. The lowest BCUT2D eigenvalue weighted by molar-refractivity contribution is -0.113. The summed E-state index contributed by atoms with van der Waals surface area (Å²) < 4.78 is 10.3. The van der Waals surface area contributed by atoms with Gasteiger partial charge in [0.15, 0.2) is 0 Å². The number of rotatable bonds is 3. The normalized spacial score (nSPS) is 12.5. The van der Waals surface area contributed by atoms with Gasteiger partial charge in [-0.15, -0.1) is 0 Å². The first-order chi connectivity index (χ1) is 11.6. The first kappa shape index (κ1) is 15.8. The molecule has 0 fully saturated rings. The summed E-state index contributed by atoms with van der Waals surface area (Å²) in [6.45, 7) is 2.05. The van der Waals surface area contributed by atoms with Gasteiger partial charge >= 0.3 is 5.97 Å². The van der Waals surface area contributed by atoms with Gasteiger partial charge in [-0.25, -0.2) is 4.79 Å². The highest BCUT2D eigenvalue weighted by molar-refractivity contribution is 6.08. The lowest BCUT2D eigenvalue weighted by atomic mass is 10.1. The highest BCUT2D eigenvalue weighted by atomic mass is 16.5. The predicted octanol–water partition coefficient (Wildman–Crippen LogP) is 3.20. The summed E-state index contributed by atoms with van der Waals surface area (Å²) in [6.07, 6.45) is 1.83. The van der Waals surface area contributed by atoms with Gasteiger partial charge in [0, 0.05) is 11.3 Å². The van der Waals surface area contributed by atoms with Crippen molar-refractivity contribution < 1.29 is 19.1 Å². The fourth-order valence-electron chi connectivity index (χ4n) is 2.50. The molecule has 24 heavy (non-hydrogen) atoms. The van der Waals surface area contributed by atoms with Crippen LogP contribution in [0.15, 0.2) is 48.0 Å². The molecule has 0 unspecified atom stereocenters. The zero-order chi connectivity index (χ0) is 17.1. The van der Waals surface area contributed by atoms with Crippen LogP contribution < -0.4 is 10.1 Å². The monoisotopic (exact) mass is 323 g/mol. The van der Waals surface area contributed by atoms with Gasteiger partial charge in [0.25, 0.3) is 5.91 Å². The van der Waals surface area contributed by atoms with Crippen molar-refractivity contribution in [1.82, 2.24) is 0 Å². The van der Waals surface area contributed by atoms with E-state index in [2.05, 4.69) is 10.1 Å². The number of fused-ring (bicyclic) bond motifs is 1. The maximum Gasteiger partial charge on any atom is 0.337 e. The van der Waals surface area contributed by atoms with Gasteiger partial charge in [0.1, 0.15) is 12.4 Å². The second-order valence-electron chi connectivity index (χ2n) is 5.47. The van der Waals surface area contributed by atoms with Gasteiger partial charge in [0.05, 0.1) is 18.2 Å². The number of aryl methyl sites for hydroxylation is 1. The predicted molar refractivity (Wildman–Crippen MR) is 91.1 cm³/mol. The molecule has 0 bridgehead atoms. The lowest BCUT2D eigenvalue weighted by Gasteiger charge is -2.18. The van der Waals surface area contributed by atoms with Crippen molar-refractivity contribution in [2.75, 3.05) is 19.0 Å². The minimum atomic E-state index is -0.407. The van der Waals surface area contributed by atoms with Crippen LogP contribution in [0.4, 0.5) is 5.69 Å². The van der Waals surface area contributed by atoms with Gasteiger partial charge in [-0.3, -0.25) is 4.79 Å². The number of nitrogens with one attached hydrogen (secondary N) is 1. The number of benzene rings is 2. The first-order valence-corrected chi connectivity index (χ1v) is 7.51. The van der Waals surface area contributed by atoms with Crippen molar-refractivity contribution >= 4 is 23.6 Å². The number of methoxy groups -OCH3 is 1. The second kappa shape index (κ2) is 6.58. The zero-order valence-corrected chi connectivity index (χ0v) is 13.5. The van der Waals surface area contributed by atoms with Crippen molar-refractivity contribution in [3.63, 3.8) is 0 Å². The Bertz CT molecular complexity index is 839. The number of anilines is 1. The van der Waals surface area contributed by atoms with Gasteiger partial charge in [-0.2, -0.15) is 0 Å². The third-order valence-electron chi connectivity index (χ3n) is 3.82. The lowest BCUT2D eigenvalue weighted by Crippen LogP contribution is -2.21. The van der Waals surface area contributed by atoms with Crippen LogP contribution in [0.5, 0.6) is 5.75 Å². The molecule has 122 valence electrons. The molecule has 0 saturated heterocycles. The maximum absolute atomic E-state index is 12.5. The smallest absolute Gasteiger partial charge is 0.337 e. The Kier molecular flexibility index (Phi) is 4.33. The molecule has 5 nitrogen and oxygen atoms in total. The van der Waals surface area contributed by atoms with Gasteiger partial charge in [-0.1, -0.05) is 18.2 Å². The number of esters is 1. The van der Waals surface area contributed by atoms with Crippen molar-refractivity contribution in [2.24, 2.45) is 0 Å². The summed E-state index contributed by atoms with van der Waals surface area (Å²) in [5.74, 6) is 0.141. The highest BCUT2D eigenvalue weighted by Crippen LogP contribution is 2.26. The summed E-state index contributed by atoms with van der Waals surface area (Å²) in [6, 6.07) is 12.6. The third-order valence-corrected chi connectivity index (χ3v) is 3.82. The van der Waals surface area contributed by atoms with Gasteiger partial charge in [-0.05, 0) is 42.8 Å². The Labute approximate surface area is 139 Å². The number of carbonyl (C=O) groups is 2. The number of amides is 1. The third kappa shape index (κ3) is 3.15. The van der Waals surface area contributed by atoms with Crippen LogP contribution >= 0.6 is 0 Å². The van der Waals surface area contributed by atoms with Crippen LogP contribution in [-0.2, 0) is 9.53 Å². The van der Waals surface area contributed by atoms with Crippen LogP contribution in [-0.4, -0.2) is 25.6 Å². The van der Waals surface area contributed by atoms with E-state index in [4.69, 9.17) is 4.74 Å². The SMILES string of the molecule is COC(=O)c1ccc(NC(=O)C2=Cc3ccccc3OC2)c(C)c1. The van der Waals surface area contributed by atoms with Gasteiger partial charge < -0.3 is 14.8 Å². The van der Waals surface area contributed by atoms with Crippen molar-refractivity contribution in [3.05, 3.63) is 64.7 Å². The quantitative estimate of drug-likeness (QED) is 0.881. The Hall–Kier alpha value is -3.08. The number of ether oxygens (including phenoxy) is 2. The van der Waals surface area contributed by atoms with Crippen LogP contribution in [0.2, 0.25) is 0 Å². The molecule has 1 aliphatic heterocycles. The fraction of sp³-hybridized carbons (Fsp3) is 0.158. The number of para-hydroxylation sites is 1. The molecule has 1 N–H and O–H groups in total.